The van der Waals surface area contributed by atoms with Crippen molar-refractivity contribution in [2.75, 3.05) is 0 Å². The second kappa shape index (κ2) is 2.71. The van der Waals surface area contributed by atoms with Crippen LogP contribution < -0.4 is 0 Å². The summed E-state index contributed by atoms with van der Waals surface area (Å²) in [6.45, 7) is 3.66. The van der Waals surface area contributed by atoms with E-state index in [0.29, 0.717) is 0 Å². The third-order valence-electron chi connectivity index (χ3n) is 1.25. The fourth-order valence-corrected chi connectivity index (χ4v) is 0.828. The monoisotopic (exact) mass is 106 g/mol. The van der Waals surface area contributed by atoms with Gasteiger partial charge in [-0.25, -0.2) is 0 Å². The molecule has 1 aliphatic rings. The predicted molar refractivity (Wildman–Crippen MR) is 36.1 cm³/mol. The molecular weight excluding hydrogens is 96.1 g/mol. The first-order valence-electron chi connectivity index (χ1n) is 2.89. The number of rotatable bonds is 2. The van der Waals surface area contributed by atoms with Gasteiger partial charge in [0.2, 0.25) is 0 Å². The molecule has 0 heterocycles. The molecule has 0 spiro atoms. The highest BCUT2D eigenvalue weighted by molar-refractivity contribution is 5.24. The van der Waals surface area contributed by atoms with Crippen molar-refractivity contribution in [3.63, 3.8) is 0 Å². The molecule has 0 aromatic heterocycles. The topological polar surface area (TPSA) is 0 Å². The molecule has 0 saturated carbocycles. The van der Waals surface area contributed by atoms with Crippen molar-refractivity contribution < 1.29 is 0 Å². The van der Waals surface area contributed by atoms with E-state index in [-0.39, 0.29) is 0 Å². The van der Waals surface area contributed by atoms with E-state index in [1.807, 2.05) is 6.08 Å². The van der Waals surface area contributed by atoms with Crippen LogP contribution in [0.25, 0.3) is 0 Å². The summed E-state index contributed by atoms with van der Waals surface area (Å²) in [6.07, 6.45) is 10.5. The molecule has 0 fully saturated rings. The average molecular weight is 106 g/mol. The molecule has 1 rings (SSSR count). The first kappa shape index (κ1) is 5.61. The van der Waals surface area contributed by atoms with Gasteiger partial charge in [-0.2, -0.15) is 0 Å². The number of hydrogen-bond donors (Lipinski definition) is 0. The average Bonchev–Trinajstić information content (AvgIpc) is 2.19. The van der Waals surface area contributed by atoms with Crippen LogP contribution in [0.4, 0.5) is 0 Å². The molecule has 0 aliphatic heterocycles. The fourth-order valence-electron chi connectivity index (χ4n) is 0.828. The minimum Gasteiger partial charge on any atom is -0.103 e. The highest BCUT2D eigenvalue weighted by Gasteiger charge is 2.00. The Kier molecular flexibility index (Phi) is 1.90. The summed E-state index contributed by atoms with van der Waals surface area (Å²) in [4.78, 5) is 0. The van der Waals surface area contributed by atoms with Crippen LogP contribution in [0, 0.1) is 12.8 Å². The predicted octanol–water partition coefficient (Wildman–Crippen LogP) is 2.30. The SMILES string of the molecule is C=CCC1=C[CH][CH]C1. The zero-order valence-electron chi connectivity index (χ0n) is 4.93. The lowest BCUT2D eigenvalue weighted by atomic mass is 10.2. The maximum atomic E-state index is 3.66. The van der Waals surface area contributed by atoms with Crippen LogP contribution in [-0.2, 0) is 0 Å². The highest BCUT2D eigenvalue weighted by atomic mass is 14.1. The quantitative estimate of drug-likeness (QED) is 0.474. The molecule has 42 valence electrons. The minimum atomic E-state index is 1.05. The zero-order valence-corrected chi connectivity index (χ0v) is 4.93. The Bertz CT molecular complexity index is 109. The summed E-state index contributed by atoms with van der Waals surface area (Å²) in [7, 11) is 0. The Morgan fingerprint density at radius 2 is 2.62 bits per heavy atom. The Balaban J connectivity index is 2.33. The molecular formula is C8H10. The maximum Gasteiger partial charge on any atom is -0.0130 e. The Hall–Kier alpha value is -0.520. The summed E-state index contributed by atoms with van der Waals surface area (Å²) < 4.78 is 0. The molecule has 0 saturated heterocycles. The van der Waals surface area contributed by atoms with Crippen molar-refractivity contribution in [3.8, 4) is 0 Å². The molecule has 0 atom stereocenters. The smallest absolute Gasteiger partial charge is 0.0130 e. The molecule has 0 unspecified atom stereocenters. The lowest BCUT2D eigenvalue weighted by molar-refractivity contribution is 1.11. The normalized spacial score (nSPS) is 18.2. The van der Waals surface area contributed by atoms with Gasteiger partial charge in [0, 0.05) is 0 Å². The lowest BCUT2D eigenvalue weighted by Crippen LogP contribution is -1.71. The zero-order chi connectivity index (χ0) is 5.82. The summed E-state index contributed by atoms with van der Waals surface area (Å²) in [6, 6.07) is 0. The largest absolute Gasteiger partial charge is 0.103 e. The molecule has 0 aromatic rings. The third kappa shape index (κ3) is 1.22. The molecule has 1 aliphatic carbocycles. The fraction of sp³-hybridized carbons (Fsp3) is 0.250. The van der Waals surface area contributed by atoms with Crippen LogP contribution >= 0.6 is 0 Å². The van der Waals surface area contributed by atoms with E-state index < -0.39 is 0 Å². The van der Waals surface area contributed by atoms with E-state index in [2.05, 4.69) is 25.5 Å². The molecule has 0 N–H and O–H groups in total. The minimum absolute atomic E-state index is 1.05. The van der Waals surface area contributed by atoms with Crippen LogP contribution in [0.5, 0.6) is 0 Å². The van der Waals surface area contributed by atoms with Gasteiger partial charge in [-0.1, -0.05) is 17.7 Å². The Morgan fingerprint density at radius 1 is 1.75 bits per heavy atom. The van der Waals surface area contributed by atoms with Gasteiger partial charge in [0.05, 0.1) is 0 Å². The van der Waals surface area contributed by atoms with Crippen molar-refractivity contribution in [1.82, 2.24) is 0 Å². The van der Waals surface area contributed by atoms with Crippen LogP contribution in [0.3, 0.4) is 0 Å². The van der Waals surface area contributed by atoms with E-state index in [1.165, 1.54) is 5.57 Å². The van der Waals surface area contributed by atoms with Crippen molar-refractivity contribution in [2.45, 2.75) is 12.8 Å². The summed E-state index contributed by atoms with van der Waals surface area (Å²) in [5.74, 6) is 0. The van der Waals surface area contributed by atoms with Crippen molar-refractivity contribution >= 4 is 0 Å². The lowest BCUT2D eigenvalue weighted by Gasteiger charge is -1.90. The summed E-state index contributed by atoms with van der Waals surface area (Å²) >= 11 is 0. The second-order valence-corrected chi connectivity index (χ2v) is 1.95. The van der Waals surface area contributed by atoms with Gasteiger partial charge in [-0.05, 0) is 25.7 Å². The van der Waals surface area contributed by atoms with Crippen LogP contribution in [0.1, 0.15) is 12.8 Å². The van der Waals surface area contributed by atoms with Gasteiger partial charge in [0.15, 0.2) is 0 Å². The molecule has 0 nitrogen and oxygen atoms in total. The number of hydrogen-bond acceptors (Lipinski definition) is 0. The van der Waals surface area contributed by atoms with Crippen LogP contribution in [-0.4, -0.2) is 0 Å². The summed E-state index contributed by atoms with van der Waals surface area (Å²) in [5, 5.41) is 0. The third-order valence-corrected chi connectivity index (χ3v) is 1.25. The molecule has 0 aromatic carbocycles. The van der Waals surface area contributed by atoms with Crippen molar-refractivity contribution in [1.29, 1.82) is 0 Å². The van der Waals surface area contributed by atoms with Crippen molar-refractivity contribution in [3.05, 3.63) is 37.1 Å². The molecule has 0 amide bonds. The van der Waals surface area contributed by atoms with E-state index >= 15 is 0 Å². The van der Waals surface area contributed by atoms with Crippen LogP contribution in [0.2, 0.25) is 0 Å². The van der Waals surface area contributed by atoms with E-state index in [4.69, 9.17) is 0 Å². The molecule has 8 heavy (non-hydrogen) atoms. The first-order valence-corrected chi connectivity index (χ1v) is 2.89. The van der Waals surface area contributed by atoms with Gasteiger partial charge in [-0.3, -0.25) is 0 Å². The molecule has 0 heteroatoms. The van der Waals surface area contributed by atoms with Gasteiger partial charge in [0.1, 0.15) is 0 Å². The van der Waals surface area contributed by atoms with Gasteiger partial charge in [-0.15, -0.1) is 6.58 Å². The first-order chi connectivity index (χ1) is 3.93. The standard InChI is InChI=1S/C8H10/c1-2-5-8-6-3-4-7-8/h2-4,6H,1,5,7H2. The Morgan fingerprint density at radius 3 is 3.12 bits per heavy atom. The Labute approximate surface area is 50.9 Å². The van der Waals surface area contributed by atoms with Gasteiger partial charge in [0.25, 0.3) is 0 Å². The molecule has 0 bridgehead atoms. The van der Waals surface area contributed by atoms with Crippen molar-refractivity contribution in [2.24, 2.45) is 0 Å². The molecule has 2 radical (unpaired) electrons. The van der Waals surface area contributed by atoms with Gasteiger partial charge >= 0.3 is 0 Å². The van der Waals surface area contributed by atoms with E-state index in [0.717, 1.165) is 12.8 Å². The van der Waals surface area contributed by atoms with Gasteiger partial charge < -0.3 is 0 Å². The number of allylic oxidation sites excluding steroid dienone is 3. The van der Waals surface area contributed by atoms with E-state index in [1.54, 1.807) is 0 Å². The maximum absolute atomic E-state index is 3.66. The summed E-state index contributed by atoms with van der Waals surface area (Å²) in [5.41, 5.74) is 1.47. The highest BCUT2D eigenvalue weighted by Crippen LogP contribution is 2.18. The van der Waals surface area contributed by atoms with Crippen LogP contribution in [0.15, 0.2) is 24.3 Å². The van der Waals surface area contributed by atoms with E-state index in [9.17, 15) is 0 Å². The second-order valence-electron chi connectivity index (χ2n) is 1.95.